The maximum absolute atomic E-state index is 13.0. The number of esters is 1. The number of ketones is 1. The van der Waals surface area contributed by atoms with E-state index in [1.54, 1.807) is 58.0 Å². The van der Waals surface area contributed by atoms with Crippen LogP contribution in [0.4, 0.5) is 0 Å². The van der Waals surface area contributed by atoms with Crippen molar-refractivity contribution in [1.29, 1.82) is 0 Å². The third kappa shape index (κ3) is 3.62. The first kappa shape index (κ1) is 19.2. The van der Waals surface area contributed by atoms with Gasteiger partial charge in [-0.1, -0.05) is 48.0 Å². The fourth-order valence-corrected chi connectivity index (χ4v) is 2.98. The van der Waals surface area contributed by atoms with Crippen molar-refractivity contribution in [2.24, 2.45) is 17.4 Å². The van der Waals surface area contributed by atoms with E-state index in [9.17, 15) is 9.59 Å². The van der Waals surface area contributed by atoms with Gasteiger partial charge in [0.1, 0.15) is 5.60 Å². The third-order valence-electron chi connectivity index (χ3n) is 4.16. The lowest BCUT2D eigenvalue weighted by molar-refractivity contribution is -0.161. The molecular formula is C19H23ClN2O3. The van der Waals surface area contributed by atoms with Crippen LogP contribution in [0.25, 0.3) is 0 Å². The Balaban J connectivity index is 2.55. The molecule has 2 atom stereocenters. The third-order valence-corrected chi connectivity index (χ3v) is 4.49. The van der Waals surface area contributed by atoms with E-state index in [0.29, 0.717) is 11.1 Å². The zero-order valence-electron chi connectivity index (χ0n) is 14.8. The molecule has 0 amide bonds. The Morgan fingerprint density at radius 3 is 2.28 bits per heavy atom. The zero-order valence-corrected chi connectivity index (χ0v) is 15.6. The number of benzene rings is 1. The molecule has 134 valence electrons. The number of halogens is 1. The maximum Gasteiger partial charge on any atom is 0.332 e. The van der Waals surface area contributed by atoms with Crippen molar-refractivity contribution in [3.63, 3.8) is 0 Å². The van der Waals surface area contributed by atoms with Gasteiger partial charge in [0.05, 0.1) is 16.6 Å². The minimum atomic E-state index is -1.72. The summed E-state index contributed by atoms with van der Waals surface area (Å²) in [5.74, 6) is -2.04. The summed E-state index contributed by atoms with van der Waals surface area (Å²) in [7, 11) is 0. The lowest BCUT2D eigenvalue weighted by Crippen LogP contribution is -2.60. The van der Waals surface area contributed by atoms with Crippen LogP contribution < -0.4 is 11.5 Å². The van der Waals surface area contributed by atoms with E-state index in [1.165, 1.54) is 6.08 Å². The summed E-state index contributed by atoms with van der Waals surface area (Å²) in [6.07, 6.45) is 1.43. The number of carbonyl (C=O) groups is 2. The van der Waals surface area contributed by atoms with Gasteiger partial charge in [-0.05, 0) is 33.3 Å². The van der Waals surface area contributed by atoms with Crippen molar-refractivity contribution in [1.82, 2.24) is 0 Å². The Hall–Kier alpha value is -2.11. The number of carbonyl (C=O) groups excluding carboxylic acids is 2. The van der Waals surface area contributed by atoms with Gasteiger partial charge in [-0.2, -0.15) is 0 Å². The molecule has 0 spiro atoms. The summed E-state index contributed by atoms with van der Waals surface area (Å²) in [5, 5.41) is 0.205. The van der Waals surface area contributed by atoms with Crippen molar-refractivity contribution in [3.8, 4) is 0 Å². The van der Waals surface area contributed by atoms with Crippen LogP contribution in [0.2, 0.25) is 0 Å². The number of hydrogen-bond acceptors (Lipinski definition) is 5. The first-order chi connectivity index (χ1) is 11.5. The first-order valence-electron chi connectivity index (χ1n) is 7.94. The molecule has 1 aromatic carbocycles. The van der Waals surface area contributed by atoms with Crippen molar-refractivity contribution in [2.75, 3.05) is 0 Å². The van der Waals surface area contributed by atoms with Crippen molar-refractivity contribution >= 4 is 23.4 Å². The van der Waals surface area contributed by atoms with Crippen LogP contribution in [0, 0.1) is 5.92 Å². The minimum Gasteiger partial charge on any atom is -0.458 e. The fourth-order valence-electron chi connectivity index (χ4n) is 2.71. The molecule has 0 saturated carbocycles. The van der Waals surface area contributed by atoms with Gasteiger partial charge in [0.25, 0.3) is 0 Å². The second-order valence-corrected chi connectivity index (χ2v) is 7.54. The second-order valence-electron chi connectivity index (χ2n) is 7.13. The monoisotopic (exact) mass is 362 g/mol. The summed E-state index contributed by atoms with van der Waals surface area (Å²) in [4.78, 5) is 25.9. The molecule has 0 saturated heterocycles. The number of Topliss-reactive ketones (excluding diaryl/α,β-unsaturated/α-hetero) is 1. The van der Waals surface area contributed by atoms with Crippen LogP contribution in [-0.2, 0) is 9.53 Å². The summed E-state index contributed by atoms with van der Waals surface area (Å²) in [6.45, 7) is 6.79. The van der Waals surface area contributed by atoms with Crippen LogP contribution in [0.1, 0.15) is 38.1 Å². The number of hydrogen-bond donors (Lipinski definition) is 2. The number of rotatable bonds is 3. The van der Waals surface area contributed by atoms with Gasteiger partial charge in [-0.25, -0.2) is 4.79 Å². The lowest BCUT2D eigenvalue weighted by Gasteiger charge is -2.39. The molecule has 4 N–H and O–H groups in total. The summed E-state index contributed by atoms with van der Waals surface area (Å²) in [5.41, 5.74) is 10.9. The van der Waals surface area contributed by atoms with E-state index >= 15 is 0 Å². The van der Waals surface area contributed by atoms with E-state index in [0.717, 1.165) is 0 Å². The van der Waals surface area contributed by atoms with Crippen molar-refractivity contribution in [3.05, 3.63) is 58.3 Å². The molecule has 0 aromatic heterocycles. The number of allylic oxidation sites excluding steroid dienone is 1. The lowest BCUT2D eigenvalue weighted by atomic mass is 9.71. The van der Waals surface area contributed by atoms with Crippen LogP contribution in [0.5, 0.6) is 0 Å². The SMILES string of the molecule is CC1=C(N)C(Cl)=CC(C(=O)c2ccccc2)C1(N)C(=O)OC(C)(C)C. The van der Waals surface area contributed by atoms with E-state index in [1.807, 2.05) is 0 Å². The fraction of sp³-hybridized carbons (Fsp3) is 0.368. The highest BCUT2D eigenvalue weighted by Gasteiger charge is 2.51. The highest BCUT2D eigenvalue weighted by Crippen LogP contribution is 2.38. The molecule has 2 unspecified atom stereocenters. The Kier molecular flexibility index (Phi) is 5.11. The quantitative estimate of drug-likeness (QED) is 0.636. The molecule has 2 rings (SSSR count). The Bertz CT molecular complexity index is 763. The topological polar surface area (TPSA) is 95.4 Å². The zero-order chi connectivity index (χ0) is 19.0. The Morgan fingerprint density at radius 2 is 1.76 bits per heavy atom. The molecule has 1 aliphatic rings. The number of ether oxygens (including phenoxy) is 1. The largest absolute Gasteiger partial charge is 0.458 e. The molecule has 1 aromatic rings. The average Bonchev–Trinajstić information content (AvgIpc) is 2.54. The summed E-state index contributed by atoms with van der Waals surface area (Å²) in [6, 6.07) is 8.61. The Morgan fingerprint density at radius 1 is 1.20 bits per heavy atom. The molecule has 0 bridgehead atoms. The predicted octanol–water partition coefficient (Wildman–Crippen LogP) is 2.89. The van der Waals surface area contributed by atoms with E-state index < -0.39 is 23.0 Å². The van der Waals surface area contributed by atoms with Gasteiger partial charge < -0.3 is 16.2 Å². The van der Waals surface area contributed by atoms with Gasteiger partial charge >= 0.3 is 5.97 Å². The highest BCUT2D eigenvalue weighted by molar-refractivity contribution is 6.32. The molecule has 0 heterocycles. The van der Waals surface area contributed by atoms with E-state index in [4.69, 9.17) is 27.8 Å². The molecule has 0 fully saturated rings. The molecule has 6 heteroatoms. The Labute approximate surface area is 152 Å². The normalized spacial score (nSPS) is 23.9. The van der Waals surface area contributed by atoms with Gasteiger partial charge in [0.2, 0.25) is 0 Å². The second kappa shape index (κ2) is 6.65. The van der Waals surface area contributed by atoms with Crippen LogP contribution in [-0.4, -0.2) is 22.9 Å². The van der Waals surface area contributed by atoms with Crippen LogP contribution in [0.15, 0.2) is 52.7 Å². The summed E-state index contributed by atoms with van der Waals surface area (Å²) < 4.78 is 5.47. The maximum atomic E-state index is 13.0. The van der Waals surface area contributed by atoms with E-state index in [2.05, 4.69) is 0 Å². The van der Waals surface area contributed by atoms with Crippen LogP contribution in [0.3, 0.4) is 0 Å². The molecule has 0 aliphatic heterocycles. The molecule has 25 heavy (non-hydrogen) atoms. The average molecular weight is 363 g/mol. The minimum absolute atomic E-state index is 0.187. The van der Waals surface area contributed by atoms with E-state index in [-0.39, 0.29) is 16.5 Å². The van der Waals surface area contributed by atoms with Gasteiger partial charge in [-0.3, -0.25) is 4.79 Å². The molecular weight excluding hydrogens is 340 g/mol. The standard InChI is InChI=1S/C19H23ClN2O3/c1-11-15(21)14(20)10-13(16(23)12-8-6-5-7-9-12)19(11,22)17(24)25-18(2,3)4/h5-10,13H,21-22H2,1-4H3. The van der Waals surface area contributed by atoms with Crippen LogP contribution >= 0.6 is 11.6 Å². The molecule has 5 nitrogen and oxygen atoms in total. The predicted molar refractivity (Wildman–Crippen MR) is 97.8 cm³/mol. The van der Waals surface area contributed by atoms with Gasteiger partial charge in [0.15, 0.2) is 11.3 Å². The van der Waals surface area contributed by atoms with Crippen molar-refractivity contribution in [2.45, 2.75) is 38.8 Å². The van der Waals surface area contributed by atoms with Gasteiger partial charge in [0, 0.05) is 5.56 Å². The first-order valence-corrected chi connectivity index (χ1v) is 8.32. The molecule has 1 aliphatic carbocycles. The van der Waals surface area contributed by atoms with Crippen molar-refractivity contribution < 1.29 is 14.3 Å². The smallest absolute Gasteiger partial charge is 0.332 e. The number of nitrogens with two attached hydrogens (primary N) is 2. The highest BCUT2D eigenvalue weighted by atomic mass is 35.5. The molecule has 0 radical (unpaired) electrons. The van der Waals surface area contributed by atoms with Gasteiger partial charge in [-0.15, -0.1) is 0 Å². The summed E-state index contributed by atoms with van der Waals surface area (Å²) >= 11 is 6.17.